The number of aliphatic hydroxyl groups is 2. The number of nitrogens with zero attached hydrogens (tertiary/aromatic N) is 4. The van der Waals surface area contributed by atoms with Gasteiger partial charge in [0.1, 0.15) is 10.6 Å². The van der Waals surface area contributed by atoms with Gasteiger partial charge >= 0.3 is 0 Å². The van der Waals surface area contributed by atoms with Crippen molar-refractivity contribution in [1.82, 2.24) is 14.9 Å². The maximum Gasteiger partial charge on any atom is 0.253 e. The molecule has 2 aromatic heterocycles. The maximum atomic E-state index is 13.2. The number of amides is 1. The van der Waals surface area contributed by atoms with Crippen LogP contribution in [0.15, 0.2) is 60.7 Å². The largest absolute Gasteiger partial charge is 0.394 e. The summed E-state index contributed by atoms with van der Waals surface area (Å²) in [6.07, 6.45) is 0.0336. The van der Waals surface area contributed by atoms with Gasteiger partial charge in [-0.05, 0) is 35.7 Å². The van der Waals surface area contributed by atoms with Gasteiger partial charge in [-0.2, -0.15) is 4.98 Å². The molecule has 0 saturated carbocycles. The summed E-state index contributed by atoms with van der Waals surface area (Å²) in [7, 11) is 0. The highest BCUT2D eigenvalue weighted by molar-refractivity contribution is 7.18. The average Bonchev–Trinajstić information content (AvgIpc) is 3.39. The summed E-state index contributed by atoms with van der Waals surface area (Å²) >= 11 is 1.64. The first-order valence-corrected chi connectivity index (χ1v) is 13.4. The SMILES string of the molecule is CCc1cc2c(N3CCN(C(=O)c4ccc(-c5ccccc5)cc4)CC3)nc(NC[C@H](O)CO)nc2s1. The molecule has 0 bridgehead atoms. The van der Waals surface area contributed by atoms with Gasteiger partial charge in [0.15, 0.2) is 0 Å². The monoisotopic (exact) mass is 517 g/mol. The van der Waals surface area contributed by atoms with Gasteiger partial charge in [-0.15, -0.1) is 11.3 Å². The van der Waals surface area contributed by atoms with Crippen LogP contribution in [-0.2, 0) is 6.42 Å². The van der Waals surface area contributed by atoms with Crippen LogP contribution in [0.5, 0.6) is 0 Å². The number of hydrogen-bond acceptors (Lipinski definition) is 8. The van der Waals surface area contributed by atoms with E-state index in [4.69, 9.17) is 10.1 Å². The van der Waals surface area contributed by atoms with Crippen molar-refractivity contribution in [2.75, 3.05) is 49.5 Å². The second-order valence-electron chi connectivity index (χ2n) is 9.10. The molecule has 0 unspecified atom stereocenters. The van der Waals surface area contributed by atoms with Crippen LogP contribution in [0.3, 0.4) is 0 Å². The van der Waals surface area contributed by atoms with Gasteiger partial charge in [0.25, 0.3) is 5.91 Å². The number of thiophene rings is 1. The fourth-order valence-corrected chi connectivity index (χ4v) is 5.43. The second-order valence-corrected chi connectivity index (χ2v) is 10.2. The van der Waals surface area contributed by atoms with Crippen LogP contribution >= 0.6 is 11.3 Å². The number of fused-ring (bicyclic) bond motifs is 1. The van der Waals surface area contributed by atoms with Crippen LogP contribution in [0.1, 0.15) is 22.2 Å². The van der Waals surface area contributed by atoms with E-state index in [2.05, 4.69) is 40.3 Å². The quantitative estimate of drug-likeness (QED) is 0.328. The lowest BCUT2D eigenvalue weighted by molar-refractivity contribution is 0.0746. The first kappa shape index (κ1) is 25.1. The number of benzene rings is 2. The number of aliphatic hydroxyl groups excluding tert-OH is 2. The fraction of sp³-hybridized carbons (Fsp3) is 0.321. The van der Waals surface area contributed by atoms with Crippen LogP contribution in [-0.4, -0.2) is 76.4 Å². The van der Waals surface area contributed by atoms with Crippen molar-refractivity contribution in [2.24, 2.45) is 0 Å². The van der Waals surface area contributed by atoms with Crippen molar-refractivity contribution >= 4 is 39.2 Å². The van der Waals surface area contributed by atoms with E-state index in [1.807, 2.05) is 47.4 Å². The van der Waals surface area contributed by atoms with E-state index in [0.29, 0.717) is 37.7 Å². The maximum absolute atomic E-state index is 13.2. The Morgan fingerprint density at radius 1 is 1.03 bits per heavy atom. The standard InChI is InChI=1S/C28H31N5O3S/c1-2-23-16-24-25(30-28(31-26(24)37-23)29-17-22(35)18-34)32-12-14-33(15-13-32)27(36)21-10-8-20(9-11-21)19-6-4-3-5-7-19/h3-11,16,22,34-35H,2,12-15,17-18H2,1H3,(H,29,30,31)/t22-/m0/s1. The number of aryl methyl sites for hydroxylation is 1. The van der Waals surface area contributed by atoms with Crippen LogP contribution in [0.2, 0.25) is 0 Å². The highest BCUT2D eigenvalue weighted by Crippen LogP contribution is 2.33. The number of aromatic nitrogens is 2. The van der Waals surface area contributed by atoms with Crippen molar-refractivity contribution in [3.05, 3.63) is 71.1 Å². The van der Waals surface area contributed by atoms with E-state index in [1.165, 1.54) is 4.88 Å². The van der Waals surface area contributed by atoms with Crippen LogP contribution in [0, 0.1) is 0 Å². The van der Waals surface area contributed by atoms with Crippen molar-refractivity contribution < 1.29 is 15.0 Å². The number of hydrogen-bond donors (Lipinski definition) is 3. The van der Waals surface area contributed by atoms with Gasteiger partial charge in [0.2, 0.25) is 5.95 Å². The lowest BCUT2D eigenvalue weighted by Crippen LogP contribution is -2.49. The van der Waals surface area contributed by atoms with Crippen molar-refractivity contribution in [3.63, 3.8) is 0 Å². The van der Waals surface area contributed by atoms with Crippen LogP contribution < -0.4 is 10.2 Å². The number of nitrogens with one attached hydrogen (secondary N) is 1. The zero-order valence-electron chi connectivity index (χ0n) is 20.8. The van der Waals surface area contributed by atoms with Gasteiger partial charge in [0, 0.05) is 43.2 Å². The Labute approximate surface area is 220 Å². The molecule has 1 atom stereocenters. The molecule has 1 aliphatic rings. The first-order valence-electron chi connectivity index (χ1n) is 12.6. The number of piperazine rings is 1. The molecule has 1 amide bonds. The Kier molecular flexibility index (Phi) is 7.64. The Balaban J connectivity index is 1.29. The van der Waals surface area contributed by atoms with E-state index in [9.17, 15) is 9.90 Å². The molecule has 3 heterocycles. The Morgan fingerprint density at radius 3 is 2.41 bits per heavy atom. The summed E-state index contributed by atoms with van der Waals surface area (Å²) in [6.45, 7) is 4.48. The van der Waals surface area contributed by atoms with Crippen molar-refractivity contribution in [2.45, 2.75) is 19.4 Å². The van der Waals surface area contributed by atoms with Gasteiger partial charge in [-0.25, -0.2) is 4.98 Å². The van der Waals surface area contributed by atoms with Crippen molar-refractivity contribution in [3.8, 4) is 11.1 Å². The number of rotatable bonds is 8. The van der Waals surface area contributed by atoms with Gasteiger partial charge in [-0.1, -0.05) is 49.4 Å². The molecular formula is C28H31N5O3S. The van der Waals surface area contributed by atoms with Gasteiger partial charge in [-0.3, -0.25) is 4.79 Å². The third kappa shape index (κ3) is 5.58. The molecule has 3 N–H and O–H groups in total. The zero-order valence-corrected chi connectivity index (χ0v) is 21.6. The molecule has 4 aromatic rings. The Morgan fingerprint density at radius 2 is 1.73 bits per heavy atom. The lowest BCUT2D eigenvalue weighted by atomic mass is 10.0. The van der Waals surface area contributed by atoms with E-state index < -0.39 is 6.10 Å². The van der Waals surface area contributed by atoms with E-state index >= 15 is 0 Å². The van der Waals surface area contributed by atoms with Gasteiger partial charge in [0.05, 0.1) is 18.1 Å². The predicted molar refractivity (Wildman–Crippen MR) is 148 cm³/mol. The molecular weight excluding hydrogens is 486 g/mol. The summed E-state index contributed by atoms with van der Waals surface area (Å²) in [6, 6.07) is 20.1. The molecule has 0 spiro atoms. The van der Waals surface area contributed by atoms with E-state index in [-0.39, 0.29) is 19.1 Å². The highest BCUT2D eigenvalue weighted by atomic mass is 32.1. The second kappa shape index (κ2) is 11.2. The molecule has 8 nitrogen and oxygen atoms in total. The number of carbonyl (C=O) groups is 1. The first-order chi connectivity index (χ1) is 18.1. The molecule has 1 saturated heterocycles. The molecule has 37 heavy (non-hydrogen) atoms. The Bertz CT molecular complexity index is 1350. The van der Waals surface area contributed by atoms with E-state index in [1.54, 1.807) is 11.3 Å². The highest BCUT2D eigenvalue weighted by Gasteiger charge is 2.25. The molecule has 5 rings (SSSR count). The minimum absolute atomic E-state index is 0.0382. The summed E-state index contributed by atoms with van der Waals surface area (Å²) in [5.41, 5.74) is 2.91. The molecule has 0 aliphatic carbocycles. The van der Waals surface area contributed by atoms with Crippen LogP contribution in [0.4, 0.5) is 11.8 Å². The minimum Gasteiger partial charge on any atom is -0.394 e. The smallest absolute Gasteiger partial charge is 0.253 e. The fourth-order valence-electron chi connectivity index (χ4n) is 4.46. The normalized spacial score (nSPS) is 14.7. The summed E-state index contributed by atoms with van der Waals surface area (Å²) in [5.74, 6) is 1.30. The summed E-state index contributed by atoms with van der Waals surface area (Å²) in [4.78, 5) is 28.8. The molecule has 1 fully saturated rings. The lowest BCUT2D eigenvalue weighted by Gasteiger charge is -2.35. The summed E-state index contributed by atoms with van der Waals surface area (Å²) in [5, 5.41) is 22.9. The predicted octanol–water partition coefficient (Wildman–Crippen LogP) is 3.65. The molecule has 9 heteroatoms. The Hall–Kier alpha value is -3.53. The topological polar surface area (TPSA) is 102 Å². The molecule has 0 radical (unpaired) electrons. The minimum atomic E-state index is -0.881. The summed E-state index contributed by atoms with van der Waals surface area (Å²) < 4.78 is 0. The third-order valence-electron chi connectivity index (χ3n) is 6.58. The molecule has 2 aromatic carbocycles. The third-order valence-corrected chi connectivity index (χ3v) is 7.76. The number of carbonyl (C=O) groups excluding carboxylic acids is 1. The molecule has 192 valence electrons. The number of anilines is 2. The zero-order chi connectivity index (χ0) is 25.8. The van der Waals surface area contributed by atoms with E-state index in [0.717, 1.165) is 33.6 Å². The average molecular weight is 518 g/mol. The van der Waals surface area contributed by atoms with Crippen LogP contribution in [0.25, 0.3) is 21.3 Å². The molecule has 1 aliphatic heterocycles. The van der Waals surface area contributed by atoms with Crippen molar-refractivity contribution in [1.29, 1.82) is 0 Å². The van der Waals surface area contributed by atoms with Gasteiger partial charge < -0.3 is 25.3 Å².